The number of carbonyl (C=O) groups is 2. The van der Waals surface area contributed by atoms with Crippen molar-refractivity contribution in [3.05, 3.63) is 59.8 Å². The number of hydrogen-bond acceptors (Lipinski definition) is 5. The van der Waals surface area contributed by atoms with Gasteiger partial charge in [-0.05, 0) is 42.7 Å². The van der Waals surface area contributed by atoms with Crippen LogP contribution in [0.5, 0.6) is 5.88 Å². The SMILES string of the molecule is O=C1N[C@@H](c2ccccc2)C(=O)N1Cc1ccc(OC2CCN(CC3CC3)CC2)nc1. The maximum Gasteiger partial charge on any atom is 0.325 e. The number of amides is 3. The zero-order valence-corrected chi connectivity index (χ0v) is 17.6. The van der Waals surface area contributed by atoms with Crippen LogP contribution in [-0.2, 0) is 11.3 Å². The Labute approximate surface area is 182 Å². The highest BCUT2D eigenvalue weighted by Crippen LogP contribution is 2.31. The van der Waals surface area contributed by atoms with Gasteiger partial charge in [-0.2, -0.15) is 0 Å². The third kappa shape index (κ3) is 4.71. The minimum Gasteiger partial charge on any atom is -0.474 e. The summed E-state index contributed by atoms with van der Waals surface area (Å²) < 4.78 is 6.07. The van der Waals surface area contributed by atoms with E-state index in [2.05, 4.69) is 15.2 Å². The van der Waals surface area contributed by atoms with E-state index in [-0.39, 0.29) is 24.6 Å². The minimum absolute atomic E-state index is 0.195. The zero-order valence-electron chi connectivity index (χ0n) is 17.6. The standard InChI is InChI=1S/C24H28N4O3/c29-23-22(19-4-2-1-3-5-19)26-24(30)28(23)16-18-8-9-21(25-14-18)31-20-10-12-27(13-11-20)15-17-6-7-17/h1-5,8-9,14,17,20,22H,6-7,10-13,15-16H2,(H,26,30)/t22-/m0/s1. The van der Waals surface area contributed by atoms with Crippen LogP contribution in [0.15, 0.2) is 48.7 Å². The van der Waals surface area contributed by atoms with Gasteiger partial charge in [0, 0.05) is 31.9 Å². The lowest BCUT2D eigenvalue weighted by atomic mass is 10.1. The number of rotatable bonds is 7. The topological polar surface area (TPSA) is 74.8 Å². The van der Waals surface area contributed by atoms with Crippen molar-refractivity contribution in [1.82, 2.24) is 20.1 Å². The summed E-state index contributed by atoms with van der Waals surface area (Å²) in [4.78, 5) is 33.3. The first kappa shape index (κ1) is 20.0. The molecule has 1 aromatic heterocycles. The molecular weight excluding hydrogens is 392 g/mol. The monoisotopic (exact) mass is 420 g/mol. The van der Waals surface area contributed by atoms with Gasteiger partial charge in [0.15, 0.2) is 0 Å². The van der Waals surface area contributed by atoms with Crippen molar-refractivity contribution in [2.24, 2.45) is 5.92 Å². The summed E-state index contributed by atoms with van der Waals surface area (Å²) in [5.74, 6) is 1.29. The Morgan fingerprint density at radius 2 is 1.77 bits per heavy atom. The summed E-state index contributed by atoms with van der Waals surface area (Å²) >= 11 is 0. The number of pyridine rings is 1. The van der Waals surface area contributed by atoms with Gasteiger partial charge in [0.25, 0.3) is 5.91 Å². The van der Waals surface area contributed by atoms with Crippen LogP contribution in [0.4, 0.5) is 4.79 Å². The van der Waals surface area contributed by atoms with E-state index >= 15 is 0 Å². The molecule has 3 heterocycles. The van der Waals surface area contributed by atoms with Crippen molar-refractivity contribution in [2.75, 3.05) is 19.6 Å². The number of carbonyl (C=O) groups excluding carboxylic acids is 2. The van der Waals surface area contributed by atoms with E-state index in [1.165, 1.54) is 24.3 Å². The fourth-order valence-electron chi connectivity index (χ4n) is 4.34. The lowest BCUT2D eigenvalue weighted by Crippen LogP contribution is -2.39. The number of aromatic nitrogens is 1. The summed E-state index contributed by atoms with van der Waals surface area (Å²) in [5.41, 5.74) is 1.58. The number of piperidine rings is 1. The molecule has 1 saturated carbocycles. The van der Waals surface area contributed by atoms with E-state index in [1.807, 2.05) is 42.5 Å². The van der Waals surface area contributed by atoms with Crippen molar-refractivity contribution in [1.29, 1.82) is 0 Å². The predicted molar refractivity (Wildman–Crippen MR) is 115 cm³/mol. The maximum atomic E-state index is 12.7. The van der Waals surface area contributed by atoms with Crippen molar-refractivity contribution in [3.8, 4) is 5.88 Å². The van der Waals surface area contributed by atoms with Gasteiger partial charge in [-0.15, -0.1) is 0 Å². The number of nitrogens with one attached hydrogen (secondary N) is 1. The number of likely N-dealkylation sites (tertiary alicyclic amines) is 1. The molecule has 162 valence electrons. The molecule has 3 fully saturated rings. The molecule has 1 aromatic carbocycles. The van der Waals surface area contributed by atoms with Gasteiger partial charge in [-0.1, -0.05) is 36.4 Å². The van der Waals surface area contributed by atoms with Crippen LogP contribution in [0.25, 0.3) is 0 Å². The number of hydrogen-bond donors (Lipinski definition) is 1. The Morgan fingerprint density at radius 3 is 2.45 bits per heavy atom. The van der Waals surface area contributed by atoms with Gasteiger partial charge in [0.1, 0.15) is 12.1 Å². The molecule has 5 rings (SSSR count). The second kappa shape index (κ2) is 8.67. The largest absolute Gasteiger partial charge is 0.474 e. The lowest BCUT2D eigenvalue weighted by Gasteiger charge is -2.31. The molecule has 7 heteroatoms. The average Bonchev–Trinajstić information content (AvgIpc) is 3.57. The van der Waals surface area contributed by atoms with Crippen molar-refractivity contribution in [2.45, 2.75) is 44.4 Å². The molecule has 31 heavy (non-hydrogen) atoms. The number of imide groups is 1. The zero-order chi connectivity index (χ0) is 21.2. The second-order valence-electron chi connectivity index (χ2n) is 8.78. The van der Waals surface area contributed by atoms with Crippen LogP contribution >= 0.6 is 0 Å². The number of benzene rings is 1. The Bertz CT molecular complexity index is 922. The normalized spacial score (nSPS) is 22.6. The van der Waals surface area contributed by atoms with E-state index in [0.29, 0.717) is 5.88 Å². The Kier molecular flexibility index (Phi) is 5.59. The van der Waals surface area contributed by atoms with Gasteiger partial charge in [0.05, 0.1) is 6.54 Å². The van der Waals surface area contributed by atoms with E-state index in [9.17, 15) is 9.59 Å². The van der Waals surface area contributed by atoms with Crippen LogP contribution in [0.3, 0.4) is 0 Å². The summed E-state index contributed by atoms with van der Waals surface area (Å²) in [6.45, 7) is 3.62. The summed E-state index contributed by atoms with van der Waals surface area (Å²) in [5, 5.41) is 2.76. The van der Waals surface area contributed by atoms with Crippen LogP contribution in [0.1, 0.15) is 42.9 Å². The fraction of sp³-hybridized carbons (Fsp3) is 0.458. The Balaban J connectivity index is 1.14. The van der Waals surface area contributed by atoms with Gasteiger partial charge in [-0.25, -0.2) is 9.78 Å². The first-order valence-electron chi connectivity index (χ1n) is 11.2. The molecule has 0 unspecified atom stereocenters. The Morgan fingerprint density at radius 1 is 1.00 bits per heavy atom. The quantitative estimate of drug-likeness (QED) is 0.697. The van der Waals surface area contributed by atoms with Gasteiger partial charge < -0.3 is 15.0 Å². The highest BCUT2D eigenvalue weighted by molar-refractivity contribution is 6.04. The molecule has 1 atom stereocenters. The predicted octanol–water partition coefficient (Wildman–Crippen LogP) is 3.13. The van der Waals surface area contributed by atoms with E-state index in [1.54, 1.807) is 6.20 Å². The molecule has 1 N–H and O–H groups in total. The number of urea groups is 1. The summed E-state index contributed by atoms with van der Waals surface area (Å²) in [6, 6.07) is 12.0. The second-order valence-corrected chi connectivity index (χ2v) is 8.78. The molecule has 2 aliphatic heterocycles. The maximum absolute atomic E-state index is 12.7. The van der Waals surface area contributed by atoms with E-state index < -0.39 is 6.04 Å². The molecule has 3 amide bonds. The summed E-state index contributed by atoms with van der Waals surface area (Å²) in [7, 11) is 0. The van der Waals surface area contributed by atoms with Crippen LogP contribution in [-0.4, -0.2) is 52.5 Å². The highest BCUT2D eigenvalue weighted by atomic mass is 16.5. The molecule has 0 spiro atoms. The van der Waals surface area contributed by atoms with Crippen LogP contribution in [0, 0.1) is 5.92 Å². The third-order valence-corrected chi connectivity index (χ3v) is 6.33. The van der Waals surface area contributed by atoms with E-state index in [4.69, 9.17) is 4.74 Å². The first-order chi connectivity index (χ1) is 15.2. The van der Waals surface area contributed by atoms with Gasteiger partial charge in [0.2, 0.25) is 5.88 Å². The first-order valence-corrected chi connectivity index (χ1v) is 11.2. The molecule has 0 bridgehead atoms. The molecule has 2 aromatic rings. The fourth-order valence-corrected chi connectivity index (χ4v) is 4.34. The van der Waals surface area contributed by atoms with Crippen molar-refractivity contribution >= 4 is 11.9 Å². The number of nitrogens with zero attached hydrogens (tertiary/aromatic N) is 3. The Hall–Kier alpha value is -2.93. The molecule has 7 nitrogen and oxygen atoms in total. The number of ether oxygens (including phenoxy) is 1. The van der Waals surface area contributed by atoms with Crippen LogP contribution < -0.4 is 10.1 Å². The lowest BCUT2D eigenvalue weighted by molar-refractivity contribution is -0.128. The molecule has 3 aliphatic rings. The molecular formula is C24H28N4O3. The highest BCUT2D eigenvalue weighted by Gasteiger charge is 2.38. The van der Waals surface area contributed by atoms with Gasteiger partial charge in [-0.3, -0.25) is 9.69 Å². The minimum atomic E-state index is -0.630. The molecule has 1 aliphatic carbocycles. The smallest absolute Gasteiger partial charge is 0.325 e. The van der Waals surface area contributed by atoms with Crippen molar-refractivity contribution < 1.29 is 14.3 Å². The van der Waals surface area contributed by atoms with Crippen molar-refractivity contribution in [3.63, 3.8) is 0 Å². The molecule has 0 radical (unpaired) electrons. The van der Waals surface area contributed by atoms with Crippen LogP contribution in [0.2, 0.25) is 0 Å². The average molecular weight is 421 g/mol. The molecule has 2 saturated heterocycles. The van der Waals surface area contributed by atoms with E-state index in [0.717, 1.165) is 43.0 Å². The third-order valence-electron chi connectivity index (χ3n) is 6.33. The summed E-state index contributed by atoms with van der Waals surface area (Å²) in [6.07, 6.45) is 6.73. The van der Waals surface area contributed by atoms with Gasteiger partial charge >= 0.3 is 6.03 Å².